The van der Waals surface area contributed by atoms with Crippen molar-refractivity contribution < 1.29 is 0 Å². The van der Waals surface area contributed by atoms with Gasteiger partial charge in [0.2, 0.25) is 0 Å². The van der Waals surface area contributed by atoms with Crippen LogP contribution in [0.25, 0.3) is 0 Å². The van der Waals surface area contributed by atoms with Crippen LogP contribution in [0.5, 0.6) is 0 Å². The summed E-state index contributed by atoms with van der Waals surface area (Å²) in [7, 11) is 0. The fourth-order valence-corrected chi connectivity index (χ4v) is 2.93. The van der Waals surface area contributed by atoms with Gasteiger partial charge >= 0.3 is 0 Å². The number of halogens is 2. The Balaban J connectivity index is 2.07. The van der Waals surface area contributed by atoms with Gasteiger partial charge in [0.05, 0.1) is 10.0 Å². The number of nitrogens with zero attached hydrogens (tertiary/aromatic N) is 1. The molecule has 0 bridgehead atoms. The number of benzene rings is 1. The lowest BCUT2D eigenvalue weighted by molar-refractivity contribution is 0.158. The highest BCUT2D eigenvalue weighted by atomic mass is 35.5. The van der Waals surface area contributed by atoms with Gasteiger partial charge in [0, 0.05) is 25.7 Å². The van der Waals surface area contributed by atoms with Gasteiger partial charge in [-0.05, 0) is 24.0 Å². The second-order valence-electron chi connectivity index (χ2n) is 5.01. The largest absolute Gasteiger partial charge is 0.327 e. The predicted octanol–water partition coefficient (Wildman–Crippen LogP) is 3.16. The Labute approximate surface area is 113 Å². The summed E-state index contributed by atoms with van der Waals surface area (Å²) in [5.74, 6) is 0.650. The van der Waals surface area contributed by atoms with E-state index in [0.717, 1.165) is 31.6 Å². The lowest BCUT2D eigenvalue weighted by atomic mass is 9.96. The number of likely N-dealkylation sites (tertiary alicyclic amines) is 1. The van der Waals surface area contributed by atoms with Crippen molar-refractivity contribution in [3.63, 3.8) is 0 Å². The Bertz CT molecular complexity index is 385. The predicted molar refractivity (Wildman–Crippen MR) is 73.5 cm³/mol. The van der Waals surface area contributed by atoms with Crippen molar-refractivity contribution in [3.05, 3.63) is 33.8 Å². The monoisotopic (exact) mass is 272 g/mol. The van der Waals surface area contributed by atoms with Crippen LogP contribution in [0.3, 0.4) is 0 Å². The summed E-state index contributed by atoms with van der Waals surface area (Å²) in [5.41, 5.74) is 7.12. The van der Waals surface area contributed by atoms with E-state index in [1.807, 2.05) is 18.2 Å². The molecule has 94 valence electrons. The smallest absolute Gasteiger partial charge is 0.0637 e. The maximum atomic E-state index is 6.20. The minimum absolute atomic E-state index is 0.275. The Morgan fingerprint density at radius 1 is 1.35 bits per heavy atom. The number of nitrogens with two attached hydrogens (primary N) is 1. The normalized spacial score (nSPS) is 26.1. The zero-order valence-corrected chi connectivity index (χ0v) is 11.5. The molecule has 0 radical (unpaired) electrons. The average Bonchev–Trinajstić information content (AvgIpc) is 2.23. The van der Waals surface area contributed by atoms with Crippen molar-refractivity contribution in [2.45, 2.75) is 25.9 Å². The van der Waals surface area contributed by atoms with E-state index in [-0.39, 0.29) is 6.04 Å². The topological polar surface area (TPSA) is 29.3 Å². The van der Waals surface area contributed by atoms with Gasteiger partial charge in [0.15, 0.2) is 0 Å². The molecule has 0 saturated carbocycles. The van der Waals surface area contributed by atoms with Crippen LogP contribution in [-0.2, 0) is 6.54 Å². The zero-order chi connectivity index (χ0) is 12.4. The van der Waals surface area contributed by atoms with Gasteiger partial charge in [-0.3, -0.25) is 4.90 Å². The van der Waals surface area contributed by atoms with Gasteiger partial charge in [-0.25, -0.2) is 0 Å². The van der Waals surface area contributed by atoms with Gasteiger partial charge in [-0.15, -0.1) is 0 Å². The SMILES string of the molecule is CC1CC(N)CN(Cc2cccc(Cl)c2Cl)C1. The molecular formula is C13H18Cl2N2. The molecular weight excluding hydrogens is 255 g/mol. The summed E-state index contributed by atoms with van der Waals surface area (Å²) in [5, 5.41) is 1.29. The molecule has 1 aromatic carbocycles. The van der Waals surface area contributed by atoms with Crippen molar-refractivity contribution in [1.82, 2.24) is 4.90 Å². The summed E-state index contributed by atoms with van der Waals surface area (Å²) in [4.78, 5) is 2.36. The van der Waals surface area contributed by atoms with E-state index < -0.39 is 0 Å². The minimum Gasteiger partial charge on any atom is -0.327 e. The lowest BCUT2D eigenvalue weighted by Gasteiger charge is -2.34. The van der Waals surface area contributed by atoms with Crippen LogP contribution >= 0.6 is 23.2 Å². The van der Waals surface area contributed by atoms with Crippen molar-refractivity contribution >= 4 is 23.2 Å². The third kappa shape index (κ3) is 3.35. The molecule has 2 unspecified atom stereocenters. The Hall–Kier alpha value is -0.280. The van der Waals surface area contributed by atoms with Crippen LogP contribution in [0.2, 0.25) is 10.0 Å². The fourth-order valence-electron chi connectivity index (χ4n) is 2.55. The molecule has 1 aromatic rings. The molecule has 0 amide bonds. The summed E-state index contributed by atoms with van der Waals surface area (Å²) >= 11 is 12.2. The Kier molecular flexibility index (Phi) is 4.31. The van der Waals surface area contributed by atoms with E-state index in [0.29, 0.717) is 16.0 Å². The van der Waals surface area contributed by atoms with Gasteiger partial charge in [-0.1, -0.05) is 42.3 Å². The molecule has 1 aliphatic heterocycles. The highest BCUT2D eigenvalue weighted by Gasteiger charge is 2.22. The van der Waals surface area contributed by atoms with E-state index in [2.05, 4.69) is 11.8 Å². The molecule has 1 saturated heterocycles. The maximum Gasteiger partial charge on any atom is 0.0637 e. The minimum atomic E-state index is 0.275. The fraction of sp³-hybridized carbons (Fsp3) is 0.538. The summed E-state index contributed by atoms with van der Waals surface area (Å²) in [6, 6.07) is 6.06. The van der Waals surface area contributed by atoms with Crippen molar-refractivity contribution in [3.8, 4) is 0 Å². The highest BCUT2D eigenvalue weighted by Crippen LogP contribution is 2.27. The summed E-state index contributed by atoms with van der Waals surface area (Å²) < 4.78 is 0. The van der Waals surface area contributed by atoms with Crippen LogP contribution in [0.4, 0.5) is 0 Å². The first-order chi connectivity index (χ1) is 8.06. The van der Waals surface area contributed by atoms with E-state index in [1.54, 1.807) is 0 Å². The average molecular weight is 273 g/mol. The van der Waals surface area contributed by atoms with Crippen LogP contribution in [-0.4, -0.2) is 24.0 Å². The van der Waals surface area contributed by atoms with Crippen molar-refractivity contribution in [2.75, 3.05) is 13.1 Å². The summed E-state index contributed by atoms with van der Waals surface area (Å²) in [6.07, 6.45) is 1.11. The number of piperidine rings is 1. The number of hydrogen-bond acceptors (Lipinski definition) is 2. The molecule has 17 heavy (non-hydrogen) atoms. The third-order valence-electron chi connectivity index (χ3n) is 3.19. The zero-order valence-electron chi connectivity index (χ0n) is 10.00. The Morgan fingerprint density at radius 2 is 2.12 bits per heavy atom. The summed E-state index contributed by atoms with van der Waals surface area (Å²) in [6.45, 7) is 5.09. The van der Waals surface area contributed by atoms with E-state index >= 15 is 0 Å². The molecule has 0 aliphatic carbocycles. The highest BCUT2D eigenvalue weighted by molar-refractivity contribution is 6.42. The van der Waals surface area contributed by atoms with E-state index in [1.165, 1.54) is 0 Å². The molecule has 1 heterocycles. The molecule has 2 nitrogen and oxygen atoms in total. The van der Waals surface area contributed by atoms with E-state index in [9.17, 15) is 0 Å². The van der Waals surface area contributed by atoms with Gasteiger partial charge in [0.1, 0.15) is 0 Å². The van der Waals surface area contributed by atoms with Crippen LogP contribution in [0.15, 0.2) is 18.2 Å². The molecule has 0 spiro atoms. The first-order valence-corrected chi connectivity index (χ1v) is 6.72. The standard InChI is InChI=1S/C13H18Cl2N2/c1-9-5-11(16)8-17(6-9)7-10-3-2-4-12(14)13(10)15/h2-4,9,11H,5-8,16H2,1H3. The molecule has 1 aliphatic rings. The second-order valence-corrected chi connectivity index (χ2v) is 5.79. The number of hydrogen-bond donors (Lipinski definition) is 1. The van der Waals surface area contributed by atoms with E-state index in [4.69, 9.17) is 28.9 Å². The Morgan fingerprint density at radius 3 is 2.82 bits per heavy atom. The molecule has 2 atom stereocenters. The quantitative estimate of drug-likeness (QED) is 0.896. The third-order valence-corrected chi connectivity index (χ3v) is 4.05. The van der Waals surface area contributed by atoms with Crippen LogP contribution in [0, 0.1) is 5.92 Å². The van der Waals surface area contributed by atoms with Crippen molar-refractivity contribution in [2.24, 2.45) is 11.7 Å². The lowest BCUT2D eigenvalue weighted by Crippen LogP contribution is -2.45. The molecule has 2 N–H and O–H groups in total. The van der Waals surface area contributed by atoms with Crippen molar-refractivity contribution in [1.29, 1.82) is 0 Å². The maximum absolute atomic E-state index is 6.20. The first-order valence-electron chi connectivity index (χ1n) is 5.97. The van der Waals surface area contributed by atoms with Gasteiger partial charge in [-0.2, -0.15) is 0 Å². The molecule has 1 fully saturated rings. The van der Waals surface area contributed by atoms with Gasteiger partial charge < -0.3 is 5.73 Å². The van der Waals surface area contributed by atoms with Crippen LogP contribution < -0.4 is 5.73 Å². The molecule has 4 heteroatoms. The second kappa shape index (κ2) is 5.57. The van der Waals surface area contributed by atoms with Crippen LogP contribution in [0.1, 0.15) is 18.9 Å². The molecule has 0 aromatic heterocycles. The van der Waals surface area contributed by atoms with Gasteiger partial charge in [0.25, 0.3) is 0 Å². The molecule has 2 rings (SSSR count). The first kappa shape index (κ1) is 13.2. The number of rotatable bonds is 2.